The third kappa shape index (κ3) is 4.32. The molecule has 0 bridgehead atoms. The van der Waals surface area contributed by atoms with Gasteiger partial charge in [-0.25, -0.2) is 9.97 Å². The molecule has 4 heterocycles. The fourth-order valence-electron chi connectivity index (χ4n) is 3.66. The van der Waals surface area contributed by atoms with Crippen LogP contribution in [0.3, 0.4) is 0 Å². The average molecular weight is 414 g/mol. The molecule has 1 aliphatic heterocycles. The van der Waals surface area contributed by atoms with Gasteiger partial charge in [0.25, 0.3) is 0 Å². The Hall–Kier alpha value is -3.94. The maximum atomic E-state index is 6.12. The third-order valence-corrected chi connectivity index (χ3v) is 5.18. The Bertz CT molecular complexity index is 1150. The Balaban J connectivity index is 1.28. The molecule has 1 unspecified atom stereocenters. The highest BCUT2D eigenvalue weighted by Crippen LogP contribution is 2.36. The van der Waals surface area contributed by atoms with Gasteiger partial charge < -0.3 is 19.5 Å². The number of nitrogens with one attached hydrogen (secondary N) is 1. The molecule has 1 saturated heterocycles. The molecule has 0 spiro atoms. The number of anilines is 3. The summed E-state index contributed by atoms with van der Waals surface area (Å²) in [5.74, 6) is 3.67. The summed E-state index contributed by atoms with van der Waals surface area (Å²) in [5.41, 5.74) is 1.89. The van der Waals surface area contributed by atoms with Crippen LogP contribution < -0.4 is 15.0 Å². The summed E-state index contributed by atoms with van der Waals surface area (Å²) in [6.07, 6.45) is 4.44. The van der Waals surface area contributed by atoms with Crippen LogP contribution >= 0.6 is 0 Å². The minimum absolute atomic E-state index is 0.214. The zero-order valence-corrected chi connectivity index (χ0v) is 17.1. The van der Waals surface area contributed by atoms with Crippen LogP contribution in [-0.4, -0.2) is 33.2 Å². The lowest BCUT2D eigenvalue weighted by Gasteiger charge is -2.20. The van der Waals surface area contributed by atoms with Gasteiger partial charge in [0.05, 0.1) is 5.92 Å². The van der Waals surface area contributed by atoms with Crippen molar-refractivity contribution in [3.63, 3.8) is 0 Å². The Morgan fingerprint density at radius 2 is 1.90 bits per heavy atom. The standard InChI is InChI=1S/C23H22N6O2/c1-16-26-22(31-28-16)17-11-14-29(15-17)20-5-4-13-25-23(20)30-19-9-7-18(8-10-19)27-21-6-2-3-12-24-21/h2-10,12-13,17H,11,14-15H2,1H3,(H,24,27). The van der Waals surface area contributed by atoms with Crippen LogP contribution in [0.2, 0.25) is 0 Å². The smallest absolute Gasteiger partial charge is 0.243 e. The van der Waals surface area contributed by atoms with Crippen molar-refractivity contribution >= 4 is 17.2 Å². The van der Waals surface area contributed by atoms with Gasteiger partial charge in [-0.3, -0.25) is 0 Å². The van der Waals surface area contributed by atoms with E-state index in [0.717, 1.165) is 42.5 Å². The van der Waals surface area contributed by atoms with Gasteiger partial charge in [-0.05, 0) is 61.9 Å². The van der Waals surface area contributed by atoms with Gasteiger partial charge in [0.15, 0.2) is 5.82 Å². The molecule has 8 heteroatoms. The van der Waals surface area contributed by atoms with E-state index in [9.17, 15) is 0 Å². The monoisotopic (exact) mass is 414 g/mol. The zero-order chi connectivity index (χ0) is 21.0. The van der Waals surface area contributed by atoms with E-state index in [1.54, 1.807) is 12.4 Å². The number of aryl methyl sites for hydroxylation is 1. The van der Waals surface area contributed by atoms with Crippen LogP contribution in [0.5, 0.6) is 11.6 Å². The van der Waals surface area contributed by atoms with Crippen molar-refractivity contribution < 1.29 is 9.26 Å². The molecule has 3 aromatic heterocycles. The second-order valence-corrected chi connectivity index (χ2v) is 7.41. The van der Waals surface area contributed by atoms with Gasteiger partial charge in [0, 0.05) is 31.2 Å². The quantitative estimate of drug-likeness (QED) is 0.486. The summed E-state index contributed by atoms with van der Waals surface area (Å²) >= 11 is 0. The molecular weight excluding hydrogens is 392 g/mol. The van der Waals surface area contributed by atoms with E-state index >= 15 is 0 Å². The molecule has 31 heavy (non-hydrogen) atoms. The van der Waals surface area contributed by atoms with Gasteiger partial charge in [-0.1, -0.05) is 11.2 Å². The number of hydrogen-bond acceptors (Lipinski definition) is 8. The molecule has 1 aliphatic rings. The third-order valence-electron chi connectivity index (χ3n) is 5.18. The van der Waals surface area contributed by atoms with Crippen molar-refractivity contribution in [3.05, 3.63) is 78.7 Å². The first-order valence-corrected chi connectivity index (χ1v) is 10.2. The molecule has 1 aromatic carbocycles. The number of nitrogens with zero attached hydrogens (tertiary/aromatic N) is 5. The highest BCUT2D eigenvalue weighted by atomic mass is 16.5. The summed E-state index contributed by atoms with van der Waals surface area (Å²) in [7, 11) is 0. The predicted octanol–water partition coefficient (Wildman–Crippen LogP) is 4.70. The second kappa shape index (κ2) is 8.43. The highest BCUT2D eigenvalue weighted by Gasteiger charge is 2.30. The van der Waals surface area contributed by atoms with Crippen molar-refractivity contribution in [2.75, 3.05) is 23.3 Å². The summed E-state index contributed by atoms with van der Waals surface area (Å²) in [6.45, 7) is 3.50. The van der Waals surface area contributed by atoms with Crippen LogP contribution in [-0.2, 0) is 0 Å². The lowest BCUT2D eigenvalue weighted by Crippen LogP contribution is -2.20. The molecule has 156 valence electrons. The second-order valence-electron chi connectivity index (χ2n) is 7.41. The van der Waals surface area contributed by atoms with Gasteiger partial charge >= 0.3 is 0 Å². The Kier molecular flexibility index (Phi) is 5.18. The Labute approximate surface area is 179 Å². The number of aromatic nitrogens is 4. The van der Waals surface area contributed by atoms with Gasteiger partial charge in [-0.2, -0.15) is 4.98 Å². The van der Waals surface area contributed by atoms with E-state index in [4.69, 9.17) is 9.26 Å². The van der Waals surface area contributed by atoms with Gasteiger partial charge in [0.1, 0.15) is 17.3 Å². The minimum Gasteiger partial charge on any atom is -0.437 e. The molecule has 1 N–H and O–H groups in total. The summed E-state index contributed by atoms with van der Waals surface area (Å²) in [6, 6.07) is 17.4. The highest BCUT2D eigenvalue weighted by molar-refractivity contribution is 5.59. The summed E-state index contributed by atoms with van der Waals surface area (Å²) < 4.78 is 11.5. The number of hydrogen-bond donors (Lipinski definition) is 1. The van der Waals surface area contributed by atoms with Crippen LogP contribution in [0.4, 0.5) is 17.2 Å². The van der Waals surface area contributed by atoms with Crippen LogP contribution in [0.1, 0.15) is 24.1 Å². The summed E-state index contributed by atoms with van der Waals surface area (Å²) in [5, 5.41) is 7.18. The van der Waals surface area contributed by atoms with Crippen LogP contribution in [0, 0.1) is 6.92 Å². The normalized spacial score (nSPS) is 15.8. The van der Waals surface area contributed by atoms with Gasteiger partial charge in [0.2, 0.25) is 11.8 Å². The first kappa shape index (κ1) is 19.0. The molecule has 0 radical (unpaired) electrons. The van der Waals surface area contributed by atoms with E-state index < -0.39 is 0 Å². The number of benzene rings is 1. The average Bonchev–Trinajstić information content (AvgIpc) is 3.45. The Morgan fingerprint density at radius 3 is 2.68 bits per heavy atom. The number of ether oxygens (including phenoxy) is 1. The molecule has 0 saturated carbocycles. The summed E-state index contributed by atoms with van der Waals surface area (Å²) in [4.78, 5) is 15.4. The van der Waals surface area contributed by atoms with Crippen molar-refractivity contribution in [3.8, 4) is 11.6 Å². The zero-order valence-electron chi connectivity index (χ0n) is 17.1. The van der Waals surface area contributed by atoms with Gasteiger partial charge in [-0.15, -0.1) is 0 Å². The number of rotatable bonds is 6. The van der Waals surface area contributed by atoms with E-state index in [0.29, 0.717) is 17.6 Å². The predicted molar refractivity (Wildman–Crippen MR) is 117 cm³/mol. The fourth-order valence-corrected chi connectivity index (χ4v) is 3.66. The van der Waals surface area contributed by atoms with E-state index in [2.05, 4.69) is 30.3 Å². The first-order valence-electron chi connectivity index (χ1n) is 10.2. The molecule has 5 rings (SSSR count). The van der Waals surface area contributed by atoms with Crippen molar-refractivity contribution in [2.45, 2.75) is 19.3 Å². The maximum absolute atomic E-state index is 6.12. The van der Waals surface area contributed by atoms with Crippen molar-refractivity contribution in [2.24, 2.45) is 0 Å². The molecule has 8 nitrogen and oxygen atoms in total. The van der Waals surface area contributed by atoms with Crippen LogP contribution in [0.25, 0.3) is 0 Å². The lowest BCUT2D eigenvalue weighted by atomic mass is 10.1. The molecular formula is C23H22N6O2. The maximum Gasteiger partial charge on any atom is 0.243 e. The molecule has 1 fully saturated rings. The first-order chi connectivity index (χ1) is 15.2. The fraction of sp³-hybridized carbons (Fsp3) is 0.217. The topological polar surface area (TPSA) is 89.2 Å². The Morgan fingerprint density at radius 1 is 1.03 bits per heavy atom. The largest absolute Gasteiger partial charge is 0.437 e. The molecule has 4 aromatic rings. The van der Waals surface area contributed by atoms with E-state index in [-0.39, 0.29) is 5.92 Å². The van der Waals surface area contributed by atoms with Crippen molar-refractivity contribution in [1.82, 2.24) is 20.1 Å². The van der Waals surface area contributed by atoms with Crippen molar-refractivity contribution in [1.29, 1.82) is 0 Å². The number of pyridine rings is 2. The lowest BCUT2D eigenvalue weighted by molar-refractivity contribution is 0.356. The minimum atomic E-state index is 0.214. The molecule has 0 aliphatic carbocycles. The molecule has 1 atom stereocenters. The van der Waals surface area contributed by atoms with E-state index in [1.165, 1.54) is 0 Å². The van der Waals surface area contributed by atoms with E-state index in [1.807, 2.05) is 61.5 Å². The van der Waals surface area contributed by atoms with Crippen LogP contribution in [0.15, 0.2) is 71.5 Å². The SMILES string of the molecule is Cc1noc(C2CCN(c3cccnc3Oc3ccc(Nc4ccccn4)cc3)C2)n1. The molecule has 0 amide bonds.